The number of rotatable bonds is 6. The monoisotopic (exact) mass is 241 g/mol. The molecule has 0 atom stereocenters. The first-order valence-corrected chi connectivity index (χ1v) is 6.17. The van der Waals surface area contributed by atoms with E-state index in [-0.39, 0.29) is 0 Å². The fourth-order valence-corrected chi connectivity index (χ4v) is 1.80. The molecule has 1 fully saturated rings. The van der Waals surface area contributed by atoms with E-state index in [1.54, 1.807) is 12.3 Å². The third-order valence-corrected chi connectivity index (χ3v) is 2.65. The fourth-order valence-electron chi connectivity index (χ4n) is 1.62. The van der Waals surface area contributed by atoms with Gasteiger partial charge in [-0.2, -0.15) is 4.98 Å². The number of aromatic nitrogens is 2. The summed E-state index contributed by atoms with van der Waals surface area (Å²) in [6.07, 6.45) is 4.15. The van der Waals surface area contributed by atoms with Crippen LogP contribution in [0.3, 0.4) is 0 Å². The van der Waals surface area contributed by atoms with Crippen molar-refractivity contribution in [3.05, 3.63) is 12.3 Å². The molecule has 1 saturated carbocycles. The minimum absolute atomic E-state index is 0.565. The van der Waals surface area contributed by atoms with Gasteiger partial charge in [0.05, 0.1) is 6.61 Å². The number of nitrogens with zero attached hydrogens (tertiary/aromatic N) is 3. The molecule has 88 valence electrons. The number of alkyl halides is 1. The largest absolute Gasteiger partial charge is 0.478 e. The van der Waals surface area contributed by atoms with Crippen molar-refractivity contribution in [2.24, 2.45) is 0 Å². The third-order valence-electron chi connectivity index (χ3n) is 2.48. The molecule has 0 spiro atoms. The van der Waals surface area contributed by atoms with Crippen LogP contribution >= 0.6 is 11.6 Å². The van der Waals surface area contributed by atoms with Crippen LogP contribution in [0.2, 0.25) is 0 Å². The Morgan fingerprint density at radius 3 is 3.00 bits per heavy atom. The normalized spacial score (nSPS) is 14.9. The van der Waals surface area contributed by atoms with Gasteiger partial charge in [0, 0.05) is 30.7 Å². The van der Waals surface area contributed by atoms with Crippen LogP contribution in [-0.2, 0) is 0 Å². The van der Waals surface area contributed by atoms with Crippen molar-refractivity contribution in [3.63, 3.8) is 0 Å². The second-order valence-corrected chi connectivity index (χ2v) is 4.12. The van der Waals surface area contributed by atoms with Crippen molar-refractivity contribution in [2.75, 3.05) is 23.9 Å². The fraction of sp³-hybridized carbons (Fsp3) is 0.636. The predicted molar refractivity (Wildman–Crippen MR) is 64.3 cm³/mol. The van der Waals surface area contributed by atoms with Crippen LogP contribution < -0.4 is 9.64 Å². The summed E-state index contributed by atoms with van der Waals surface area (Å²) >= 11 is 5.79. The van der Waals surface area contributed by atoms with Gasteiger partial charge in [-0.15, -0.1) is 11.6 Å². The zero-order valence-corrected chi connectivity index (χ0v) is 10.2. The quantitative estimate of drug-likeness (QED) is 0.715. The van der Waals surface area contributed by atoms with Crippen LogP contribution in [0.5, 0.6) is 5.88 Å². The predicted octanol–water partition coefficient (Wildman–Crippen LogP) is 2.08. The van der Waals surface area contributed by atoms with Gasteiger partial charge in [-0.3, -0.25) is 0 Å². The average Bonchev–Trinajstić information content (AvgIpc) is 3.11. The van der Waals surface area contributed by atoms with Crippen LogP contribution in [-0.4, -0.2) is 35.0 Å². The van der Waals surface area contributed by atoms with Crippen molar-refractivity contribution in [1.82, 2.24) is 9.97 Å². The van der Waals surface area contributed by atoms with Gasteiger partial charge in [-0.1, -0.05) is 0 Å². The highest BCUT2D eigenvalue weighted by molar-refractivity contribution is 6.18. The molecule has 1 aliphatic rings. The summed E-state index contributed by atoms with van der Waals surface area (Å²) in [6, 6.07) is 2.34. The van der Waals surface area contributed by atoms with Crippen molar-refractivity contribution in [3.8, 4) is 5.88 Å². The highest BCUT2D eigenvalue weighted by Gasteiger charge is 2.30. The van der Waals surface area contributed by atoms with Gasteiger partial charge in [0.15, 0.2) is 0 Å². The molecule has 0 saturated heterocycles. The first-order valence-electron chi connectivity index (χ1n) is 5.63. The molecule has 0 aromatic carbocycles. The van der Waals surface area contributed by atoms with E-state index in [0.717, 1.165) is 12.5 Å². The Kier molecular flexibility index (Phi) is 3.83. The maximum absolute atomic E-state index is 5.79. The van der Waals surface area contributed by atoms with Crippen LogP contribution in [0.1, 0.15) is 19.8 Å². The van der Waals surface area contributed by atoms with E-state index in [1.165, 1.54) is 12.8 Å². The molecule has 1 aromatic rings. The van der Waals surface area contributed by atoms with Gasteiger partial charge in [0.2, 0.25) is 11.8 Å². The second-order valence-electron chi connectivity index (χ2n) is 3.74. The van der Waals surface area contributed by atoms with E-state index in [0.29, 0.717) is 24.4 Å². The number of halogens is 1. The van der Waals surface area contributed by atoms with Crippen LogP contribution in [0.25, 0.3) is 0 Å². The average molecular weight is 242 g/mol. The molecule has 1 aliphatic carbocycles. The summed E-state index contributed by atoms with van der Waals surface area (Å²) in [5.41, 5.74) is 0. The summed E-state index contributed by atoms with van der Waals surface area (Å²) in [5.74, 6) is 1.96. The lowest BCUT2D eigenvalue weighted by Gasteiger charge is -2.21. The molecule has 0 unspecified atom stereocenters. The smallest absolute Gasteiger partial charge is 0.228 e. The minimum atomic E-state index is 0.565. The third kappa shape index (κ3) is 2.76. The summed E-state index contributed by atoms with van der Waals surface area (Å²) < 4.78 is 5.36. The van der Waals surface area contributed by atoms with Crippen LogP contribution in [0.4, 0.5) is 5.95 Å². The molecular weight excluding hydrogens is 226 g/mol. The number of hydrogen-bond acceptors (Lipinski definition) is 4. The SMILES string of the molecule is CCOc1ccnc(N(CCCl)C2CC2)n1. The highest BCUT2D eigenvalue weighted by Crippen LogP contribution is 2.30. The molecule has 0 radical (unpaired) electrons. The molecule has 16 heavy (non-hydrogen) atoms. The van der Waals surface area contributed by atoms with E-state index in [2.05, 4.69) is 14.9 Å². The Bertz CT molecular complexity index is 344. The van der Waals surface area contributed by atoms with Gasteiger partial charge in [0.25, 0.3) is 0 Å². The Morgan fingerprint density at radius 1 is 1.56 bits per heavy atom. The molecule has 0 aliphatic heterocycles. The summed E-state index contributed by atoms with van der Waals surface area (Å²) in [5, 5.41) is 0. The Labute approximate surface area is 101 Å². The van der Waals surface area contributed by atoms with E-state index >= 15 is 0 Å². The lowest BCUT2D eigenvalue weighted by Crippen LogP contribution is -2.29. The van der Waals surface area contributed by atoms with Crippen molar-refractivity contribution < 1.29 is 4.74 Å². The van der Waals surface area contributed by atoms with Crippen molar-refractivity contribution in [2.45, 2.75) is 25.8 Å². The maximum Gasteiger partial charge on any atom is 0.228 e. The molecule has 5 heteroatoms. The van der Waals surface area contributed by atoms with Gasteiger partial charge < -0.3 is 9.64 Å². The van der Waals surface area contributed by atoms with Crippen molar-refractivity contribution in [1.29, 1.82) is 0 Å². The lowest BCUT2D eigenvalue weighted by atomic mass is 10.5. The minimum Gasteiger partial charge on any atom is -0.478 e. The molecule has 4 nitrogen and oxygen atoms in total. The summed E-state index contributed by atoms with van der Waals surface area (Å²) in [6.45, 7) is 3.36. The van der Waals surface area contributed by atoms with Gasteiger partial charge in [-0.05, 0) is 19.8 Å². The number of anilines is 1. The molecule has 2 rings (SSSR count). The van der Waals surface area contributed by atoms with Crippen molar-refractivity contribution >= 4 is 17.5 Å². The molecule has 0 N–H and O–H groups in total. The Hall–Kier alpha value is -1.03. The van der Waals surface area contributed by atoms with Gasteiger partial charge in [-0.25, -0.2) is 4.98 Å². The Morgan fingerprint density at radius 2 is 2.38 bits per heavy atom. The number of hydrogen-bond donors (Lipinski definition) is 0. The molecule has 0 bridgehead atoms. The van der Waals surface area contributed by atoms with E-state index < -0.39 is 0 Å². The van der Waals surface area contributed by atoms with Gasteiger partial charge >= 0.3 is 0 Å². The second kappa shape index (κ2) is 5.34. The molecule has 1 heterocycles. The number of ether oxygens (including phenoxy) is 1. The first kappa shape index (κ1) is 11.5. The molecule has 0 amide bonds. The van der Waals surface area contributed by atoms with E-state index in [4.69, 9.17) is 16.3 Å². The first-order chi connectivity index (χ1) is 7.85. The molecule has 1 aromatic heterocycles. The van der Waals surface area contributed by atoms with Crippen LogP contribution in [0.15, 0.2) is 12.3 Å². The Balaban J connectivity index is 2.12. The zero-order valence-electron chi connectivity index (χ0n) is 9.40. The van der Waals surface area contributed by atoms with E-state index in [1.807, 2.05) is 6.92 Å². The zero-order chi connectivity index (χ0) is 11.4. The topological polar surface area (TPSA) is 38.2 Å². The van der Waals surface area contributed by atoms with E-state index in [9.17, 15) is 0 Å². The lowest BCUT2D eigenvalue weighted by molar-refractivity contribution is 0.326. The highest BCUT2D eigenvalue weighted by atomic mass is 35.5. The molecular formula is C11H16ClN3O. The summed E-state index contributed by atoms with van der Waals surface area (Å²) in [4.78, 5) is 10.8. The summed E-state index contributed by atoms with van der Waals surface area (Å²) in [7, 11) is 0. The standard InChI is InChI=1S/C11H16ClN3O/c1-2-16-10-5-7-13-11(14-10)15(8-6-12)9-3-4-9/h5,7,9H,2-4,6,8H2,1H3. The van der Waals surface area contributed by atoms with Crippen LogP contribution in [0, 0.1) is 0 Å². The maximum atomic E-state index is 5.79. The van der Waals surface area contributed by atoms with Gasteiger partial charge in [0.1, 0.15) is 0 Å².